The predicted molar refractivity (Wildman–Crippen MR) is 107 cm³/mol. The van der Waals surface area contributed by atoms with Crippen LogP contribution in [0.5, 0.6) is 5.75 Å². The Hall–Kier alpha value is -2.41. The summed E-state index contributed by atoms with van der Waals surface area (Å²) >= 11 is 0. The second-order valence-electron chi connectivity index (χ2n) is 8.31. The summed E-state index contributed by atoms with van der Waals surface area (Å²) < 4.78 is 7.41. The molecule has 4 rings (SSSR count). The first-order valence-corrected chi connectivity index (χ1v) is 10.2. The van der Waals surface area contributed by atoms with E-state index in [4.69, 9.17) is 4.74 Å². The lowest BCUT2D eigenvalue weighted by Gasteiger charge is -2.38. The van der Waals surface area contributed by atoms with E-state index in [9.17, 15) is 4.79 Å². The van der Waals surface area contributed by atoms with Crippen LogP contribution in [0.4, 0.5) is 0 Å². The van der Waals surface area contributed by atoms with Crippen molar-refractivity contribution in [2.24, 2.45) is 5.41 Å². The molecule has 2 saturated heterocycles. The summed E-state index contributed by atoms with van der Waals surface area (Å²) in [6, 6.07) is 7.70. The van der Waals surface area contributed by atoms with E-state index in [2.05, 4.69) is 15.6 Å². The minimum atomic E-state index is -0.00989. The zero-order valence-electron chi connectivity index (χ0n) is 16.9. The van der Waals surface area contributed by atoms with Crippen molar-refractivity contribution in [1.82, 2.24) is 25.2 Å². The molecule has 1 N–H and O–H groups in total. The molecule has 7 nitrogen and oxygen atoms in total. The first-order valence-electron chi connectivity index (χ1n) is 10.2. The molecule has 1 aromatic carbocycles. The Morgan fingerprint density at radius 1 is 1.18 bits per heavy atom. The summed E-state index contributed by atoms with van der Waals surface area (Å²) in [7, 11) is 0. The van der Waals surface area contributed by atoms with Crippen LogP contribution in [0, 0.1) is 12.3 Å². The van der Waals surface area contributed by atoms with Gasteiger partial charge in [0.05, 0.1) is 17.5 Å². The van der Waals surface area contributed by atoms with Crippen LogP contribution in [0.3, 0.4) is 0 Å². The highest BCUT2D eigenvalue weighted by Crippen LogP contribution is 2.37. The van der Waals surface area contributed by atoms with Crippen molar-refractivity contribution in [1.29, 1.82) is 0 Å². The quantitative estimate of drug-likeness (QED) is 0.879. The second kappa shape index (κ2) is 7.54. The molecule has 0 radical (unpaired) electrons. The molecule has 0 atom stereocenters. The summed E-state index contributed by atoms with van der Waals surface area (Å²) in [4.78, 5) is 15.0. The smallest absolute Gasteiger partial charge is 0.276 e. The number of likely N-dealkylation sites (tertiary alicyclic amines) is 1. The van der Waals surface area contributed by atoms with E-state index in [1.165, 1.54) is 6.42 Å². The molecule has 1 amide bonds. The Morgan fingerprint density at radius 3 is 2.50 bits per heavy atom. The third-order valence-electron chi connectivity index (χ3n) is 5.99. The third kappa shape index (κ3) is 3.63. The number of benzene rings is 1. The van der Waals surface area contributed by atoms with Crippen LogP contribution in [-0.4, -0.2) is 58.1 Å². The van der Waals surface area contributed by atoms with E-state index < -0.39 is 0 Å². The van der Waals surface area contributed by atoms with Gasteiger partial charge in [0.25, 0.3) is 5.91 Å². The molecule has 2 fully saturated rings. The molecule has 3 heterocycles. The van der Waals surface area contributed by atoms with Crippen molar-refractivity contribution in [2.75, 3.05) is 26.2 Å². The molecule has 7 heteroatoms. The monoisotopic (exact) mass is 383 g/mol. The van der Waals surface area contributed by atoms with Crippen molar-refractivity contribution < 1.29 is 9.53 Å². The Bertz CT molecular complexity index is 827. The van der Waals surface area contributed by atoms with E-state index in [0.717, 1.165) is 56.2 Å². The Morgan fingerprint density at radius 2 is 1.89 bits per heavy atom. The maximum absolute atomic E-state index is 13.0. The van der Waals surface area contributed by atoms with E-state index in [1.54, 1.807) is 4.68 Å². The second-order valence-corrected chi connectivity index (χ2v) is 8.31. The summed E-state index contributed by atoms with van der Waals surface area (Å²) in [5.41, 5.74) is 2.48. The van der Waals surface area contributed by atoms with E-state index in [1.807, 2.05) is 49.9 Å². The number of hydrogen-bond donors (Lipinski definition) is 1. The third-order valence-corrected chi connectivity index (χ3v) is 5.99. The molecule has 1 spiro atoms. The van der Waals surface area contributed by atoms with Crippen molar-refractivity contribution in [3.8, 4) is 11.4 Å². The van der Waals surface area contributed by atoms with Crippen LogP contribution >= 0.6 is 0 Å². The molecule has 0 unspecified atom stereocenters. The van der Waals surface area contributed by atoms with Crippen molar-refractivity contribution in [3.63, 3.8) is 0 Å². The lowest BCUT2D eigenvalue weighted by Crippen LogP contribution is -2.44. The van der Waals surface area contributed by atoms with Gasteiger partial charge in [-0.2, -0.15) is 0 Å². The highest BCUT2D eigenvalue weighted by molar-refractivity contribution is 5.93. The van der Waals surface area contributed by atoms with Gasteiger partial charge in [-0.1, -0.05) is 5.21 Å². The zero-order chi connectivity index (χ0) is 19.7. The van der Waals surface area contributed by atoms with Gasteiger partial charge in [0, 0.05) is 19.6 Å². The molecular formula is C21H29N5O2. The SMILES string of the molecule is Cc1c(C(=O)N2CCC3(CCNC3)CC2)nnn1-c1ccc(OC(C)C)cc1. The lowest BCUT2D eigenvalue weighted by molar-refractivity contribution is 0.0601. The number of rotatable bonds is 4. The van der Waals surface area contributed by atoms with Crippen LogP contribution in [-0.2, 0) is 0 Å². The fourth-order valence-corrected chi connectivity index (χ4v) is 4.27. The maximum Gasteiger partial charge on any atom is 0.276 e. The summed E-state index contributed by atoms with van der Waals surface area (Å²) in [6.07, 6.45) is 3.49. The number of hydrogen-bond acceptors (Lipinski definition) is 5. The number of amides is 1. The van der Waals surface area contributed by atoms with Gasteiger partial charge in [0.15, 0.2) is 5.69 Å². The summed E-state index contributed by atoms with van der Waals surface area (Å²) in [5, 5.41) is 11.9. The van der Waals surface area contributed by atoms with Crippen molar-refractivity contribution >= 4 is 5.91 Å². The molecule has 2 aromatic rings. The van der Waals surface area contributed by atoms with Gasteiger partial charge >= 0.3 is 0 Å². The average molecular weight is 383 g/mol. The Labute approximate surface area is 166 Å². The number of nitrogens with zero attached hydrogens (tertiary/aromatic N) is 4. The van der Waals surface area contributed by atoms with Gasteiger partial charge in [-0.3, -0.25) is 4.79 Å². The molecule has 2 aliphatic heterocycles. The van der Waals surface area contributed by atoms with Gasteiger partial charge in [0.2, 0.25) is 0 Å². The average Bonchev–Trinajstić information content (AvgIpc) is 3.29. The van der Waals surface area contributed by atoms with Crippen LogP contribution in [0.25, 0.3) is 5.69 Å². The highest BCUT2D eigenvalue weighted by atomic mass is 16.5. The number of piperidine rings is 1. The Balaban J connectivity index is 1.46. The number of ether oxygens (including phenoxy) is 1. The van der Waals surface area contributed by atoms with E-state index >= 15 is 0 Å². The summed E-state index contributed by atoms with van der Waals surface area (Å²) in [5.74, 6) is 0.806. The van der Waals surface area contributed by atoms with E-state index in [-0.39, 0.29) is 12.0 Å². The number of aromatic nitrogens is 3. The molecular weight excluding hydrogens is 354 g/mol. The molecule has 2 aliphatic rings. The lowest BCUT2D eigenvalue weighted by atomic mass is 9.78. The maximum atomic E-state index is 13.0. The number of carbonyl (C=O) groups excluding carboxylic acids is 1. The molecule has 0 aliphatic carbocycles. The van der Waals surface area contributed by atoms with Crippen molar-refractivity contribution in [3.05, 3.63) is 35.7 Å². The van der Waals surface area contributed by atoms with Gasteiger partial charge in [0.1, 0.15) is 5.75 Å². The largest absolute Gasteiger partial charge is 0.491 e. The standard InChI is InChI=1S/C21H29N5O2/c1-15(2)28-18-6-4-17(5-7-18)26-16(3)19(23-24-26)20(27)25-12-9-21(10-13-25)8-11-22-14-21/h4-7,15,22H,8-14H2,1-3H3. The normalized spacial score (nSPS) is 18.8. The van der Waals surface area contributed by atoms with Gasteiger partial charge in [-0.05, 0) is 76.3 Å². The van der Waals surface area contributed by atoms with Gasteiger partial charge < -0.3 is 15.0 Å². The van der Waals surface area contributed by atoms with Crippen LogP contribution < -0.4 is 10.1 Å². The van der Waals surface area contributed by atoms with Crippen LogP contribution in [0.1, 0.15) is 49.3 Å². The van der Waals surface area contributed by atoms with Crippen molar-refractivity contribution in [2.45, 2.75) is 46.1 Å². The highest BCUT2D eigenvalue weighted by Gasteiger charge is 2.38. The Kier molecular flexibility index (Phi) is 5.10. The van der Waals surface area contributed by atoms with E-state index in [0.29, 0.717) is 11.1 Å². The van der Waals surface area contributed by atoms with Gasteiger partial charge in [-0.25, -0.2) is 4.68 Å². The topological polar surface area (TPSA) is 72.3 Å². The van der Waals surface area contributed by atoms with Crippen LogP contribution in [0.2, 0.25) is 0 Å². The minimum Gasteiger partial charge on any atom is -0.491 e. The zero-order valence-corrected chi connectivity index (χ0v) is 16.9. The predicted octanol–water partition coefficient (Wildman–Crippen LogP) is 2.58. The molecule has 0 bridgehead atoms. The van der Waals surface area contributed by atoms with Gasteiger partial charge in [-0.15, -0.1) is 5.10 Å². The molecule has 1 aromatic heterocycles. The molecule has 28 heavy (non-hydrogen) atoms. The first kappa shape index (κ1) is 18.9. The first-order chi connectivity index (χ1) is 13.5. The molecule has 0 saturated carbocycles. The minimum absolute atomic E-state index is 0.00989. The van der Waals surface area contributed by atoms with Crippen LogP contribution in [0.15, 0.2) is 24.3 Å². The molecule has 150 valence electrons. The summed E-state index contributed by atoms with van der Waals surface area (Å²) in [6.45, 7) is 9.68. The fraction of sp³-hybridized carbons (Fsp3) is 0.571. The number of carbonyl (C=O) groups is 1. The fourth-order valence-electron chi connectivity index (χ4n) is 4.27. The number of nitrogens with one attached hydrogen (secondary N) is 1.